The van der Waals surface area contributed by atoms with E-state index in [1.54, 1.807) is 6.07 Å². The molecule has 0 aromatic heterocycles. The summed E-state index contributed by atoms with van der Waals surface area (Å²) in [5.74, 6) is -1.24. The molecular formula is C9H8FNO4S2. The van der Waals surface area contributed by atoms with Crippen molar-refractivity contribution >= 4 is 19.7 Å². The maximum absolute atomic E-state index is 13.5. The van der Waals surface area contributed by atoms with Crippen molar-refractivity contribution in [2.75, 3.05) is 12.5 Å². The first-order valence-corrected chi connectivity index (χ1v) is 7.99. The number of nitriles is 1. The molecule has 0 spiro atoms. The predicted molar refractivity (Wildman–Crippen MR) is 57.3 cm³/mol. The maximum atomic E-state index is 13.5. The minimum absolute atomic E-state index is 0.254. The molecule has 0 saturated carbocycles. The Bertz CT molecular complexity index is 714. The highest BCUT2D eigenvalue weighted by Gasteiger charge is 2.25. The fourth-order valence-electron chi connectivity index (χ4n) is 1.27. The molecule has 1 aromatic rings. The molecule has 0 aliphatic heterocycles. The van der Waals surface area contributed by atoms with Crippen LogP contribution in [0.3, 0.4) is 0 Å². The summed E-state index contributed by atoms with van der Waals surface area (Å²) in [5.41, 5.74) is -0.254. The summed E-state index contributed by atoms with van der Waals surface area (Å²) in [7, 11) is -7.98. The lowest BCUT2D eigenvalue weighted by Gasteiger charge is -2.07. The van der Waals surface area contributed by atoms with E-state index in [1.807, 2.05) is 0 Å². The molecule has 0 amide bonds. The van der Waals surface area contributed by atoms with Gasteiger partial charge >= 0.3 is 0 Å². The van der Waals surface area contributed by atoms with Crippen LogP contribution in [0.5, 0.6) is 0 Å². The van der Waals surface area contributed by atoms with E-state index < -0.39 is 35.3 Å². The monoisotopic (exact) mass is 277 g/mol. The summed E-state index contributed by atoms with van der Waals surface area (Å²) < 4.78 is 59.0. The number of hydrogen-bond acceptors (Lipinski definition) is 5. The Morgan fingerprint density at radius 3 is 2.00 bits per heavy atom. The minimum Gasteiger partial charge on any atom is -0.224 e. The number of halogens is 1. The highest BCUT2D eigenvalue weighted by atomic mass is 32.2. The van der Waals surface area contributed by atoms with Gasteiger partial charge in [-0.25, -0.2) is 21.2 Å². The smallest absolute Gasteiger partial charge is 0.179 e. The first-order valence-electron chi connectivity index (χ1n) is 4.21. The van der Waals surface area contributed by atoms with Gasteiger partial charge in [-0.2, -0.15) is 5.26 Å². The molecule has 0 saturated heterocycles. The molecule has 1 rings (SSSR count). The Labute approximate surface area is 98.3 Å². The second-order valence-electron chi connectivity index (χ2n) is 3.44. The molecule has 17 heavy (non-hydrogen) atoms. The molecule has 0 atom stereocenters. The second kappa shape index (κ2) is 4.09. The highest BCUT2D eigenvalue weighted by Crippen LogP contribution is 2.25. The van der Waals surface area contributed by atoms with Crippen molar-refractivity contribution in [3.8, 4) is 6.07 Å². The maximum Gasteiger partial charge on any atom is 0.179 e. The van der Waals surface area contributed by atoms with Crippen LogP contribution in [0.1, 0.15) is 5.56 Å². The average Bonchev–Trinajstić information content (AvgIpc) is 2.12. The van der Waals surface area contributed by atoms with Gasteiger partial charge in [0.25, 0.3) is 0 Å². The zero-order valence-corrected chi connectivity index (χ0v) is 10.6. The van der Waals surface area contributed by atoms with Crippen molar-refractivity contribution in [1.82, 2.24) is 0 Å². The van der Waals surface area contributed by atoms with Crippen LogP contribution in [-0.4, -0.2) is 29.3 Å². The Kier molecular flexibility index (Phi) is 3.27. The van der Waals surface area contributed by atoms with Crippen molar-refractivity contribution < 1.29 is 21.2 Å². The molecule has 0 aliphatic carbocycles. The standard InChI is InChI=1S/C9H8FNO4S2/c1-16(12,13)8-4-6(5-11)3-7(10)9(8)17(2,14)15/h3-4H,1-2H3. The summed E-state index contributed by atoms with van der Waals surface area (Å²) in [4.78, 5) is -1.60. The number of hydrogen-bond donors (Lipinski definition) is 0. The highest BCUT2D eigenvalue weighted by molar-refractivity contribution is 7.93. The quantitative estimate of drug-likeness (QED) is 0.785. The van der Waals surface area contributed by atoms with E-state index in [1.165, 1.54) is 0 Å². The molecule has 0 unspecified atom stereocenters. The topological polar surface area (TPSA) is 92.1 Å². The fraction of sp³-hybridized carbons (Fsp3) is 0.222. The Balaban J connectivity index is 3.92. The van der Waals surface area contributed by atoms with E-state index in [-0.39, 0.29) is 5.56 Å². The second-order valence-corrected chi connectivity index (χ2v) is 7.38. The third-order valence-electron chi connectivity index (χ3n) is 1.91. The third-order valence-corrected chi connectivity index (χ3v) is 4.32. The van der Waals surface area contributed by atoms with Gasteiger partial charge in [0.1, 0.15) is 10.7 Å². The van der Waals surface area contributed by atoms with Gasteiger partial charge in [-0.15, -0.1) is 0 Å². The molecule has 0 fully saturated rings. The molecule has 5 nitrogen and oxygen atoms in total. The summed E-state index contributed by atoms with van der Waals surface area (Å²) >= 11 is 0. The Morgan fingerprint density at radius 1 is 1.12 bits per heavy atom. The Morgan fingerprint density at radius 2 is 1.65 bits per heavy atom. The van der Waals surface area contributed by atoms with E-state index in [2.05, 4.69) is 0 Å². The van der Waals surface area contributed by atoms with Gasteiger partial charge in [0.15, 0.2) is 19.7 Å². The fourth-order valence-corrected chi connectivity index (χ4v) is 3.79. The molecule has 92 valence electrons. The molecule has 1 aromatic carbocycles. The summed E-state index contributed by atoms with van der Waals surface area (Å²) in [6.45, 7) is 0. The van der Waals surface area contributed by atoms with Crippen molar-refractivity contribution in [1.29, 1.82) is 5.26 Å². The summed E-state index contributed by atoms with van der Waals surface area (Å²) in [6.07, 6.45) is 1.45. The van der Waals surface area contributed by atoms with Gasteiger partial charge in [0.2, 0.25) is 0 Å². The minimum atomic E-state index is -4.04. The van der Waals surface area contributed by atoms with Crippen molar-refractivity contribution in [3.05, 3.63) is 23.5 Å². The Hall–Kier alpha value is -1.46. The van der Waals surface area contributed by atoms with E-state index in [0.717, 1.165) is 12.3 Å². The van der Waals surface area contributed by atoms with Crippen LogP contribution in [-0.2, 0) is 19.7 Å². The van der Waals surface area contributed by atoms with Crippen LogP contribution in [0, 0.1) is 17.1 Å². The van der Waals surface area contributed by atoms with Crippen LogP contribution in [0.4, 0.5) is 4.39 Å². The molecule has 0 heterocycles. The van der Waals surface area contributed by atoms with Gasteiger partial charge < -0.3 is 0 Å². The number of benzene rings is 1. The lowest BCUT2D eigenvalue weighted by molar-refractivity contribution is 0.554. The molecule has 0 radical (unpaired) electrons. The third kappa shape index (κ3) is 2.81. The van der Waals surface area contributed by atoms with E-state index in [0.29, 0.717) is 12.3 Å². The van der Waals surface area contributed by atoms with Crippen molar-refractivity contribution in [2.24, 2.45) is 0 Å². The van der Waals surface area contributed by atoms with Crippen LogP contribution in [0.25, 0.3) is 0 Å². The molecule has 0 bridgehead atoms. The molecule has 0 aliphatic rings. The van der Waals surface area contributed by atoms with E-state index in [9.17, 15) is 21.2 Å². The average molecular weight is 277 g/mol. The van der Waals surface area contributed by atoms with Gasteiger partial charge in [0.05, 0.1) is 16.5 Å². The van der Waals surface area contributed by atoms with Crippen LogP contribution < -0.4 is 0 Å². The van der Waals surface area contributed by atoms with E-state index in [4.69, 9.17) is 5.26 Å². The molecule has 8 heteroatoms. The van der Waals surface area contributed by atoms with Crippen molar-refractivity contribution in [2.45, 2.75) is 9.79 Å². The number of rotatable bonds is 2. The lowest BCUT2D eigenvalue weighted by atomic mass is 10.2. The first kappa shape index (κ1) is 13.6. The number of sulfone groups is 2. The zero-order valence-electron chi connectivity index (χ0n) is 8.93. The molecule has 0 N–H and O–H groups in total. The zero-order chi connectivity index (χ0) is 13.4. The first-order chi connectivity index (χ1) is 7.57. The van der Waals surface area contributed by atoms with Gasteiger partial charge in [-0.1, -0.05) is 0 Å². The normalized spacial score (nSPS) is 12.1. The van der Waals surface area contributed by atoms with Gasteiger partial charge in [0, 0.05) is 12.5 Å². The van der Waals surface area contributed by atoms with Gasteiger partial charge in [-0.3, -0.25) is 0 Å². The summed E-state index contributed by atoms with van der Waals surface area (Å²) in [5, 5.41) is 8.58. The van der Waals surface area contributed by atoms with Gasteiger partial charge in [-0.05, 0) is 12.1 Å². The number of nitrogens with zero attached hydrogens (tertiary/aromatic N) is 1. The predicted octanol–water partition coefficient (Wildman–Crippen LogP) is 0.504. The van der Waals surface area contributed by atoms with Crippen LogP contribution >= 0.6 is 0 Å². The molecular weight excluding hydrogens is 269 g/mol. The largest absolute Gasteiger partial charge is 0.224 e. The van der Waals surface area contributed by atoms with Crippen LogP contribution in [0.15, 0.2) is 21.9 Å². The SMILES string of the molecule is CS(=O)(=O)c1cc(C#N)cc(F)c1S(C)(=O)=O. The van der Waals surface area contributed by atoms with Crippen LogP contribution in [0.2, 0.25) is 0 Å². The van der Waals surface area contributed by atoms with E-state index >= 15 is 0 Å². The van der Waals surface area contributed by atoms with Crippen molar-refractivity contribution in [3.63, 3.8) is 0 Å². The summed E-state index contributed by atoms with van der Waals surface area (Å²) in [6, 6.07) is 3.09. The lowest BCUT2D eigenvalue weighted by Crippen LogP contribution is -2.10.